The van der Waals surface area contributed by atoms with Gasteiger partial charge in [-0.15, -0.1) is 11.6 Å². The van der Waals surface area contributed by atoms with Crippen LogP contribution in [-0.2, 0) is 9.47 Å². The Balaban J connectivity index is 4.09. The van der Waals surface area contributed by atoms with Gasteiger partial charge in [-0.1, -0.05) is 0 Å². The van der Waals surface area contributed by atoms with E-state index < -0.39 is 11.6 Å². The highest BCUT2D eigenvalue weighted by molar-refractivity contribution is 6.26. The fourth-order valence-electron chi connectivity index (χ4n) is 0.845. The largest absolute Gasteiger partial charge is 0.393 e. The highest BCUT2D eigenvalue weighted by Crippen LogP contribution is 2.15. The molecule has 0 amide bonds. The summed E-state index contributed by atoms with van der Waals surface area (Å²) in [6, 6.07) is -0.603. The fourth-order valence-corrected chi connectivity index (χ4v) is 0.896. The predicted octanol–water partition coefficient (Wildman–Crippen LogP) is 0.522. The van der Waals surface area contributed by atoms with Crippen LogP contribution in [0, 0.1) is 0 Å². The van der Waals surface area contributed by atoms with E-state index in [1.54, 1.807) is 13.8 Å². The third-order valence-electron chi connectivity index (χ3n) is 1.66. The first-order chi connectivity index (χ1) is 5.95. The Morgan fingerprint density at radius 2 is 2.15 bits per heavy atom. The van der Waals surface area contributed by atoms with Gasteiger partial charge in [-0.2, -0.15) is 0 Å². The molecule has 0 aliphatic carbocycles. The van der Waals surface area contributed by atoms with Crippen LogP contribution in [0.4, 0.5) is 0 Å². The third-order valence-corrected chi connectivity index (χ3v) is 1.91. The summed E-state index contributed by atoms with van der Waals surface area (Å²) in [5, 5.41) is 8.74. The van der Waals surface area contributed by atoms with E-state index >= 15 is 0 Å². The van der Waals surface area contributed by atoms with Crippen molar-refractivity contribution >= 4 is 19.4 Å². The van der Waals surface area contributed by atoms with Crippen molar-refractivity contribution in [3.63, 3.8) is 0 Å². The second-order valence-corrected chi connectivity index (χ2v) is 3.99. The zero-order valence-corrected chi connectivity index (χ0v) is 9.04. The van der Waals surface area contributed by atoms with Crippen molar-refractivity contribution < 1.29 is 14.6 Å². The molecule has 0 aliphatic heterocycles. The zero-order chi connectivity index (χ0) is 10.5. The van der Waals surface area contributed by atoms with Crippen molar-refractivity contribution in [3.05, 3.63) is 0 Å². The van der Waals surface area contributed by atoms with Crippen LogP contribution in [0.25, 0.3) is 0 Å². The molecule has 3 atom stereocenters. The number of hydrogen-bond donors (Lipinski definition) is 1. The van der Waals surface area contributed by atoms with Gasteiger partial charge >= 0.3 is 0 Å². The number of aliphatic hydroxyl groups excluding tert-OH is 1. The van der Waals surface area contributed by atoms with Crippen molar-refractivity contribution in [1.82, 2.24) is 0 Å². The summed E-state index contributed by atoms with van der Waals surface area (Å²) in [6.07, 6.45) is 0. The van der Waals surface area contributed by atoms with Crippen molar-refractivity contribution in [2.75, 3.05) is 20.3 Å². The topological polar surface area (TPSA) is 38.7 Å². The maximum atomic E-state index is 9.04. The fraction of sp³-hybridized carbons (Fsp3) is 1.00. The van der Waals surface area contributed by atoms with Gasteiger partial charge in [0.2, 0.25) is 0 Å². The Labute approximate surface area is 85.8 Å². The Hall–Kier alpha value is 0.235. The van der Waals surface area contributed by atoms with Crippen LogP contribution in [-0.4, -0.2) is 50.3 Å². The molecule has 0 spiro atoms. The number of methoxy groups -OCH3 is 1. The second kappa shape index (κ2) is 5.86. The summed E-state index contributed by atoms with van der Waals surface area (Å²) in [6.45, 7) is 3.57. The van der Waals surface area contributed by atoms with E-state index in [0.717, 1.165) is 0 Å². The van der Waals surface area contributed by atoms with Gasteiger partial charge in [-0.05, 0) is 13.8 Å². The van der Waals surface area contributed by atoms with Crippen molar-refractivity contribution in [2.45, 2.75) is 30.8 Å². The van der Waals surface area contributed by atoms with Gasteiger partial charge < -0.3 is 14.6 Å². The van der Waals surface area contributed by atoms with E-state index in [-0.39, 0.29) is 18.6 Å². The van der Waals surface area contributed by atoms with Gasteiger partial charge in [-0.25, -0.2) is 0 Å². The lowest BCUT2D eigenvalue weighted by molar-refractivity contribution is -0.116. The van der Waals surface area contributed by atoms with Gasteiger partial charge in [0.15, 0.2) is 0 Å². The summed E-state index contributed by atoms with van der Waals surface area (Å²) >= 11 is 5.72. The molecule has 0 saturated heterocycles. The zero-order valence-electron chi connectivity index (χ0n) is 8.29. The molecule has 0 aliphatic rings. The molecule has 0 heterocycles. The smallest absolute Gasteiger partial charge is 0.111 e. The SMILES string of the molecule is [B]C(O[C@@](C)(CO)COC)[C@@H](C)Cl. The Bertz CT molecular complexity index is 145. The summed E-state index contributed by atoms with van der Waals surface area (Å²) in [7, 11) is 7.12. The summed E-state index contributed by atoms with van der Waals surface area (Å²) in [5.41, 5.74) is -0.780. The van der Waals surface area contributed by atoms with Crippen LogP contribution in [0.2, 0.25) is 0 Å². The first-order valence-corrected chi connectivity index (χ1v) is 4.56. The number of aliphatic hydroxyl groups is 1. The van der Waals surface area contributed by atoms with Gasteiger partial charge in [0.05, 0.1) is 13.2 Å². The highest BCUT2D eigenvalue weighted by atomic mass is 35.5. The Morgan fingerprint density at radius 3 is 2.46 bits per heavy atom. The lowest BCUT2D eigenvalue weighted by Gasteiger charge is -2.31. The van der Waals surface area contributed by atoms with Crippen LogP contribution >= 0.6 is 11.6 Å². The van der Waals surface area contributed by atoms with Crippen molar-refractivity contribution in [3.8, 4) is 0 Å². The van der Waals surface area contributed by atoms with E-state index in [9.17, 15) is 0 Å². The number of alkyl halides is 1. The monoisotopic (exact) mass is 206 g/mol. The van der Waals surface area contributed by atoms with Gasteiger partial charge in [0.25, 0.3) is 0 Å². The standard InChI is InChI=1S/C8H16BClO3/c1-6(10)7(9)13-8(2,4-11)5-12-3/h6-7,11H,4-5H2,1-3H3/t6-,7?,8+/m1/s1. The molecule has 1 N–H and O–H groups in total. The van der Waals surface area contributed by atoms with Gasteiger partial charge in [0.1, 0.15) is 13.4 Å². The third kappa shape index (κ3) is 4.86. The lowest BCUT2D eigenvalue weighted by Crippen LogP contribution is -2.43. The molecule has 0 bridgehead atoms. The second-order valence-electron chi connectivity index (χ2n) is 3.30. The van der Waals surface area contributed by atoms with Crippen LogP contribution in [0.15, 0.2) is 0 Å². The molecular weight excluding hydrogens is 190 g/mol. The summed E-state index contributed by atoms with van der Waals surface area (Å²) in [4.78, 5) is 0. The molecule has 13 heavy (non-hydrogen) atoms. The Kier molecular flexibility index (Phi) is 5.97. The minimum Gasteiger partial charge on any atom is -0.393 e. The molecule has 0 fully saturated rings. The molecule has 0 saturated carbocycles. The number of ether oxygens (including phenoxy) is 2. The molecule has 76 valence electrons. The molecule has 2 radical (unpaired) electrons. The number of halogens is 1. The van der Waals surface area contributed by atoms with E-state index in [1.807, 2.05) is 0 Å². The van der Waals surface area contributed by atoms with Crippen LogP contribution in [0.1, 0.15) is 13.8 Å². The first kappa shape index (κ1) is 13.2. The van der Waals surface area contributed by atoms with Crippen LogP contribution in [0.5, 0.6) is 0 Å². The van der Waals surface area contributed by atoms with E-state index in [4.69, 9.17) is 34.0 Å². The van der Waals surface area contributed by atoms with Crippen molar-refractivity contribution in [1.29, 1.82) is 0 Å². The number of rotatable bonds is 6. The van der Waals surface area contributed by atoms with E-state index in [2.05, 4.69) is 0 Å². The summed E-state index contributed by atoms with van der Waals surface area (Å²) < 4.78 is 10.3. The molecule has 3 nitrogen and oxygen atoms in total. The average Bonchev–Trinajstić information content (AvgIpc) is 2.04. The van der Waals surface area contributed by atoms with E-state index in [1.165, 1.54) is 7.11 Å². The van der Waals surface area contributed by atoms with E-state index in [0.29, 0.717) is 0 Å². The molecule has 0 aromatic heterocycles. The molecule has 0 aromatic carbocycles. The molecular formula is C8H16BClO3. The van der Waals surface area contributed by atoms with Crippen LogP contribution in [0.3, 0.4) is 0 Å². The molecule has 0 rings (SSSR count). The maximum absolute atomic E-state index is 9.04. The van der Waals surface area contributed by atoms with Crippen molar-refractivity contribution in [2.24, 2.45) is 0 Å². The average molecular weight is 206 g/mol. The molecule has 5 heteroatoms. The lowest BCUT2D eigenvalue weighted by atomic mass is 9.95. The normalized spacial score (nSPS) is 20.7. The van der Waals surface area contributed by atoms with Gasteiger partial charge in [-0.3, -0.25) is 0 Å². The maximum Gasteiger partial charge on any atom is 0.111 e. The first-order valence-electron chi connectivity index (χ1n) is 4.12. The number of hydrogen-bond acceptors (Lipinski definition) is 3. The minimum atomic E-state index is -0.780. The van der Waals surface area contributed by atoms with Gasteiger partial charge in [0, 0.05) is 18.5 Å². The quantitative estimate of drug-likeness (QED) is 0.509. The molecule has 0 aromatic rings. The minimum absolute atomic E-state index is 0.155. The molecule has 1 unspecified atom stereocenters. The Morgan fingerprint density at radius 1 is 1.62 bits per heavy atom. The highest BCUT2D eigenvalue weighted by Gasteiger charge is 2.27. The van der Waals surface area contributed by atoms with Crippen LogP contribution < -0.4 is 0 Å². The predicted molar refractivity (Wildman–Crippen MR) is 53.3 cm³/mol. The summed E-state index contributed by atoms with van der Waals surface area (Å²) in [5.74, 6) is 0.